The maximum atomic E-state index is 11.5. The molecule has 8 aliphatic rings. The van der Waals surface area contributed by atoms with Crippen molar-refractivity contribution in [2.24, 2.45) is 57.2 Å². The number of rotatable bonds is 4. The molecule has 4 saturated carbocycles. The first-order valence-electron chi connectivity index (χ1n) is 23.7. The van der Waals surface area contributed by atoms with Gasteiger partial charge in [0.05, 0.1) is 6.10 Å². The van der Waals surface area contributed by atoms with Gasteiger partial charge in [-0.15, -0.1) is 0 Å². The van der Waals surface area contributed by atoms with Crippen molar-refractivity contribution >= 4 is 23.6 Å². The van der Waals surface area contributed by atoms with Gasteiger partial charge in [-0.25, -0.2) is 0 Å². The predicted octanol–water partition coefficient (Wildman–Crippen LogP) is 5.75. The Morgan fingerprint density at radius 3 is 1.48 bits per heavy atom. The summed E-state index contributed by atoms with van der Waals surface area (Å²) in [6, 6.07) is 18.4. The normalized spacial score (nSPS) is 37.9. The third-order valence-electron chi connectivity index (χ3n) is 18.4. The Labute approximate surface area is 465 Å². The number of aliphatic hydroxyl groups is 1. The summed E-state index contributed by atoms with van der Waals surface area (Å²) in [6.07, 6.45) is 26.7. The summed E-state index contributed by atoms with van der Waals surface area (Å²) < 4.78 is 5.59. The van der Waals surface area contributed by atoms with E-state index in [0.717, 1.165) is 61.2 Å². The van der Waals surface area contributed by atoms with E-state index in [1.807, 2.05) is 0 Å². The van der Waals surface area contributed by atoms with Crippen molar-refractivity contribution in [1.29, 1.82) is 0 Å². The second kappa shape index (κ2) is 21.0. The maximum absolute atomic E-state index is 11.5. The van der Waals surface area contributed by atoms with Gasteiger partial charge in [0.1, 0.15) is 6.10 Å². The number of carbonyl (C=O) groups is 2. The Morgan fingerprint density at radius 2 is 1.05 bits per heavy atom. The molecule has 0 spiro atoms. The molecular weight excluding hydrogens is 835 g/mol. The fraction of sp³-hybridized carbons (Fsp3) is 0.600. The second-order valence-corrected chi connectivity index (χ2v) is 21.4. The number of ether oxygens (including phenoxy) is 1. The number of benzene rings is 2. The first-order valence-corrected chi connectivity index (χ1v) is 23.7. The van der Waals surface area contributed by atoms with Gasteiger partial charge in [0.2, 0.25) is 0 Å². The van der Waals surface area contributed by atoms with E-state index in [1.54, 1.807) is 29.2 Å². The van der Waals surface area contributed by atoms with Crippen LogP contribution in [0.2, 0.25) is 0 Å². The van der Waals surface area contributed by atoms with Crippen molar-refractivity contribution in [3.63, 3.8) is 0 Å². The van der Waals surface area contributed by atoms with E-state index in [-0.39, 0.29) is 129 Å². The molecule has 4 fully saturated rings. The van der Waals surface area contributed by atoms with Crippen LogP contribution in [0.25, 0.3) is 11.1 Å². The molecule has 0 amide bonds. The average Bonchev–Trinajstić information content (AvgIpc) is 3.79. The minimum Gasteiger partial charge on any atom is -1.00 e. The number of allylic oxidation sites excluding steroid dienone is 6. The molecule has 0 heterocycles. The first kappa shape index (κ1) is 51.9. The SMILES string of the molecule is CC(=O)O[C@H]1CC[C@@]2(C)C(=CC[C@@H]3[C@@H]2CC[C@]2(C)C(c4ccc(C)cc4)=CC[C@@H]32)C1.Cc1ccc(C2=CC[C@H]3[C@@H]4CC=C5C[C@@H](O)CC[C@]5(C)[C@H]4CC[C@]23C)cc1.O=CO[O-].[H-].[K+].[K+]. The van der Waals surface area contributed by atoms with Gasteiger partial charge < -0.3 is 21.4 Å². The van der Waals surface area contributed by atoms with E-state index in [9.17, 15) is 9.90 Å². The van der Waals surface area contributed by atoms with Crippen LogP contribution >= 0.6 is 0 Å². The Kier molecular flexibility index (Phi) is 17.3. The first-order chi connectivity index (χ1) is 29.1. The molecule has 10 rings (SSSR count). The van der Waals surface area contributed by atoms with Gasteiger partial charge >= 0.3 is 109 Å². The Balaban J connectivity index is 0.000000214. The van der Waals surface area contributed by atoms with Gasteiger partial charge in [-0.3, -0.25) is 9.59 Å². The maximum Gasteiger partial charge on any atom is 1.00 e. The molecule has 0 unspecified atom stereocenters. The van der Waals surface area contributed by atoms with Gasteiger partial charge in [-0.2, -0.15) is 0 Å². The molecule has 12 atom stereocenters. The largest absolute Gasteiger partial charge is 1.00 e. The molecule has 8 heteroatoms. The molecule has 0 saturated heterocycles. The van der Waals surface area contributed by atoms with Gasteiger partial charge in [0.15, 0.2) is 0 Å². The molecule has 2 aromatic carbocycles. The molecule has 0 bridgehead atoms. The van der Waals surface area contributed by atoms with Crippen molar-refractivity contribution in [3.8, 4) is 0 Å². The number of hydrogen-bond donors (Lipinski definition) is 1. The molecule has 330 valence electrons. The Morgan fingerprint density at radius 1 is 0.635 bits per heavy atom. The van der Waals surface area contributed by atoms with E-state index in [0.29, 0.717) is 21.7 Å². The van der Waals surface area contributed by atoms with Crippen molar-refractivity contribution in [2.75, 3.05) is 0 Å². The van der Waals surface area contributed by atoms with Crippen molar-refractivity contribution in [2.45, 2.75) is 151 Å². The summed E-state index contributed by atoms with van der Waals surface area (Å²) in [5.74, 6) is 4.59. The summed E-state index contributed by atoms with van der Waals surface area (Å²) in [7, 11) is 0. The van der Waals surface area contributed by atoms with Crippen molar-refractivity contribution in [1.82, 2.24) is 0 Å². The number of hydrogen-bond acceptors (Lipinski definition) is 6. The second-order valence-electron chi connectivity index (χ2n) is 21.4. The van der Waals surface area contributed by atoms with E-state index in [4.69, 9.17) is 14.8 Å². The standard InChI is InChI=1S/C28H36O2.C26H34O.CH2O3.2K.H/c1-18-5-7-20(8-6-18)24-11-12-25-23-10-9-21-17-22(30-19(2)29)13-15-27(21,3)26(23)14-16-28(24,25)4;1-17-4-6-18(7-5-17)22-10-11-23-21-9-8-19-16-20(27)12-14-25(19,2)24(21)13-15-26(22,23)3;2-1-4-3;;;/h5-9,11,22-23,25-26H,10,12-17H2,1-4H3;4-8,10,20-21,23-24,27H,9,11-16H2,1-3H3;1,3H;;;/q;;;2*+1;-1/p-1/t22-,23-,25-,26-,27-,28+;20-,21-,23-,24-,25-,26+;;;;/m00..../s1. The van der Waals surface area contributed by atoms with Gasteiger partial charge in [0, 0.05) is 13.3 Å². The summed E-state index contributed by atoms with van der Waals surface area (Å²) in [5, 5.41) is 18.6. The minimum atomic E-state index is -0.181. The van der Waals surface area contributed by atoms with Gasteiger partial charge in [-0.05, 0) is 177 Å². The van der Waals surface area contributed by atoms with Crippen LogP contribution in [0.3, 0.4) is 0 Å². The van der Waals surface area contributed by atoms with E-state index < -0.39 is 0 Å². The zero-order valence-electron chi connectivity index (χ0n) is 41.0. The van der Waals surface area contributed by atoms with Crippen LogP contribution in [-0.2, 0) is 19.2 Å². The third-order valence-corrected chi connectivity index (χ3v) is 18.4. The molecule has 0 aliphatic heterocycles. The fourth-order valence-corrected chi connectivity index (χ4v) is 15.1. The third kappa shape index (κ3) is 9.88. The zero-order chi connectivity index (χ0) is 43.3. The molecule has 0 radical (unpaired) electrons. The minimum absolute atomic E-state index is 0. The number of aliphatic hydroxyl groups excluding tert-OH is 1. The number of aryl methyl sites for hydroxylation is 2. The molecule has 63 heavy (non-hydrogen) atoms. The van der Waals surface area contributed by atoms with Gasteiger partial charge in [0.25, 0.3) is 6.47 Å². The molecule has 1 N–H and O–H groups in total. The monoisotopic (exact) mass is 906 g/mol. The number of esters is 1. The predicted molar refractivity (Wildman–Crippen MR) is 242 cm³/mol. The molecule has 6 nitrogen and oxygen atoms in total. The topological polar surface area (TPSA) is 95.9 Å². The molecule has 0 aromatic heterocycles. The molecular formula is C55H72K2O6. The van der Waals surface area contributed by atoms with Crippen LogP contribution in [0.1, 0.15) is 148 Å². The van der Waals surface area contributed by atoms with E-state index in [2.05, 4.69) is 119 Å². The van der Waals surface area contributed by atoms with Crippen molar-refractivity contribution in [3.05, 3.63) is 106 Å². The van der Waals surface area contributed by atoms with Crippen LogP contribution in [0.5, 0.6) is 0 Å². The quantitative estimate of drug-likeness (QED) is 0.105. The molecule has 2 aromatic rings. The van der Waals surface area contributed by atoms with E-state index >= 15 is 0 Å². The van der Waals surface area contributed by atoms with Crippen LogP contribution in [0.15, 0.2) is 84.0 Å². The van der Waals surface area contributed by atoms with Crippen LogP contribution in [-0.4, -0.2) is 29.8 Å². The average molecular weight is 907 g/mol. The number of carbonyl (C=O) groups excluding carboxylic acids is 2. The van der Waals surface area contributed by atoms with Crippen molar-refractivity contribution < 1.29 is 134 Å². The molecule has 8 aliphatic carbocycles. The van der Waals surface area contributed by atoms with E-state index in [1.165, 1.54) is 86.5 Å². The van der Waals surface area contributed by atoms with Crippen LogP contribution < -0.4 is 108 Å². The summed E-state index contributed by atoms with van der Waals surface area (Å²) in [5.41, 5.74) is 13.2. The Hall–Kier alpha value is -0.467. The van der Waals surface area contributed by atoms with Crippen LogP contribution in [0.4, 0.5) is 0 Å². The summed E-state index contributed by atoms with van der Waals surface area (Å²) in [6.45, 7) is 15.9. The van der Waals surface area contributed by atoms with Gasteiger partial charge in [-0.1, -0.05) is 123 Å². The fourth-order valence-electron chi connectivity index (χ4n) is 15.1. The zero-order valence-corrected chi connectivity index (χ0v) is 46.3. The summed E-state index contributed by atoms with van der Waals surface area (Å²) in [4.78, 5) is 22.7. The van der Waals surface area contributed by atoms with Crippen LogP contribution in [0, 0.1) is 71.0 Å². The number of fused-ring (bicyclic) bond motifs is 10. The smallest absolute Gasteiger partial charge is 1.00 e. The Bertz CT molecular complexity index is 2090. The summed E-state index contributed by atoms with van der Waals surface area (Å²) >= 11 is 0.